The van der Waals surface area contributed by atoms with Crippen molar-refractivity contribution in [2.24, 2.45) is 0 Å². The summed E-state index contributed by atoms with van der Waals surface area (Å²) in [6.45, 7) is 0. The molecule has 0 bridgehead atoms. The zero-order valence-corrected chi connectivity index (χ0v) is 14.3. The van der Waals surface area contributed by atoms with Crippen LogP contribution in [0.3, 0.4) is 0 Å². The van der Waals surface area contributed by atoms with Crippen molar-refractivity contribution in [2.45, 2.75) is 37.6 Å². The van der Waals surface area contributed by atoms with E-state index in [4.69, 9.17) is 0 Å². The molecule has 1 amide bonds. The minimum atomic E-state index is -0.456. The number of hydrogen-bond donors (Lipinski definition) is 0. The Morgan fingerprint density at radius 3 is 2.16 bits per heavy atom. The van der Waals surface area contributed by atoms with E-state index in [0.29, 0.717) is 11.5 Å². The van der Waals surface area contributed by atoms with Gasteiger partial charge in [-0.25, -0.2) is 0 Å². The Kier molecular flexibility index (Phi) is 5.12. The first-order valence-electron chi connectivity index (χ1n) is 8.63. The van der Waals surface area contributed by atoms with E-state index in [-0.39, 0.29) is 17.6 Å². The van der Waals surface area contributed by atoms with Crippen LogP contribution in [0.1, 0.15) is 47.5 Å². The highest BCUT2D eigenvalue weighted by Crippen LogP contribution is 2.34. The lowest BCUT2D eigenvalue weighted by molar-refractivity contribution is -0.384. The Morgan fingerprint density at radius 1 is 1.00 bits per heavy atom. The summed E-state index contributed by atoms with van der Waals surface area (Å²) in [5.41, 5.74) is 1.88. The second-order valence-corrected chi connectivity index (χ2v) is 6.64. The van der Waals surface area contributed by atoms with E-state index in [2.05, 4.69) is 24.3 Å². The first-order valence-corrected chi connectivity index (χ1v) is 8.63. The first-order chi connectivity index (χ1) is 12.1. The maximum absolute atomic E-state index is 12.6. The fraction of sp³-hybridized carbons (Fsp3) is 0.350. The molecule has 2 aromatic rings. The molecule has 130 valence electrons. The van der Waals surface area contributed by atoms with Crippen molar-refractivity contribution < 1.29 is 9.72 Å². The van der Waals surface area contributed by atoms with E-state index in [9.17, 15) is 14.9 Å². The summed E-state index contributed by atoms with van der Waals surface area (Å²) in [4.78, 5) is 24.7. The molecule has 5 heteroatoms. The molecule has 3 rings (SSSR count). The monoisotopic (exact) mass is 338 g/mol. The molecule has 0 unspecified atom stereocenters. The molecule has 0 N–H and O–H groups in total. The molecular weight excluding hydrogens is 316 g/mol. The molecule has 0 atom stereocenters. The van der Waals surface area contributed by atoms with Crippen molar-refractivity contribution in [3.8, 4) is 0 Å². The summed E-state index contributed by atoms with van der Waals surface area (Å²) in [5.74, 6) is 0.499. The van der Waals surface area contributed by atoms with Crippen LogP contribution in [0.25, 0.3) is 0 Å². The Bertz CT molecular complexity index is 735. The average Bonchev–Trinajstić information content (AvgIpc) is 2.67. The Labute approximate surface area is 147 Å². The highest BCUT2D eigenvalue weighted by molar-refractivity contribution is 5.94. The van der Waals surface area contributed by atoms with Gasteiger partial charge in [-0.3, -0.25) is 14.9 Å². The third-order valence-corrected chi connectivity index (χ3v) is 5.16. The van der Waals surface area contributed by atoms with Crippen LogP contribution in [0, 0.1) is 10.1 Å². The maximum atomic E-state index is 12.6. The van der Waals surface area contributed by atoms with Gasteiger partial charge in [0.25, 0.3) is 11.6 Å². The Balaban J connectivity index is 1.61. The highest BCUT2D eigenvalue weighted by Gasteiger charge is 2.27. The third-order valence-electron chi connectivity index (χ3n) is 5.16. The van der Waals surface area contributed by atoms with Gasteiger partial charge in [-0.15, -0.1) is 0 Å². The van der Waals surface area contributed by atoms with Crippen molar-refractivity contribution in [1.29, 1.82) is 0 Å². The van der Waals surface area contributed by atoms with E-state index >= 15 is 0 Å². The number of benzene rings is 2. The van der Waals surface area contributed by atoms with Crippen LogP contribution in [0.15, 0.2) is 54.6 Å². The second kappa shape index (κ2) is 7.47. The summed E-state index contributed by atoms with van der Waals surface area (Å²) in [6.07, 6.45) is 4.11. The number of nitro groups is 1. The molecule has 1 fully saturated rings. The van der Waals surface area contributed by atoms with Gasteiger partial charge in [-0.05, 0) is 49.3 Å². The standard InChI is InChI=1S/C20H22N2O3/c1-21(20(23)17-9-13-19(14-10-17)22(24)25)18-11-7-16(8-12-18)15-5-3-2-4-6-15/h2-6,9-10,13-14,16,18H,7-8,11-12H2,1H3. The number of carbonyl (C=O) groups is 1. The smallest absolute Gasteiger partial charge is 0.269 e. The molecule has 1 saturated carbocycles. The lowest BCUT2D eigenvalue weighted by Crippen LogP contribution is -2.39. The number of non-ortho nitro benzene ring substituents is 1. The molecule has 0 aromatic heterocycles. The highest BCUT2D eigenvalue weighted by atomic mass is 16.6. The molecule has 5 nitrogen and oxygen atoms in total. The zero-order chi connectivity index (χ0) is 17.8. The van der Waals surface area contributed by atoms with Crippen molar-refractivity contribution in [1.82, 2.24) is 4.90 Å². The normalized spacial score (nSPS) is 20.0. The van der Waals surface area contributed by atoms with Crippen LogP contribution in [0.2, 0.25) is 0 Å². The lowest BCUT2D eigenvalue weighted by atomic mass is 9.81. The van der Waals surface area contributed by atoms with Crippen molar-refractivity contribution in [2.75, 3.05) is 7.05 Å². The first kappa shape index (κ1) is 17.1. The molecule has 0 aliphatic heterocycles. The van der Waals surface area contributed by atoms with E-state index < -0.39 is 4.92 Å². The zero-order valence-electron chi connectivity index (χ0n) is 14.3. The minimum absolute atomic E-state index is 0.00238. The predicted octanol–water partition coefficient (Wildman–Crippen LogP) is 4.39. The number of carbonyl (C=O) groups excluding carboxylic acids is 1. The van der Waals surface area contributed by atoms with Crippen molar-refractivity contribution >= 4 is 11.6 Å². The number of rotatable bonds is 4. The Morgan fingerprint density at radius 2 is 1.60 bits per heavy atom. The molecule has 25 heavy (non-hydrogen) atoms. The fourth-order valence-corrected chi connectivity index (χ4v) is 3.62. The summed E-state index contributed by atoms with van der Waals surface area (Å²) in [7, 11) is 1.83. The quantitative estimate of drug-likeness (QED) is 0.613. The topological polar surface area (TPSA) is 63.5 Å². The minimum Gasteiger partial charge on any atom is -0.339 e. The third kappa shape index (κ3) is 3.87. The van der Waals surface area contributed by atoms with Crippen LogP contribution in [-0.2, 0) is 0 Å². The van der Waals surface area contributed by atoms with E-state index in [1.807, 2.05) is 13.1 Å². The molecule has 0 radical (unpaired) electrons. The van der Waals surface area contributed by atoms with Crippen molar-refractivity contribution in [3.05, 3.63) is 75.8 Å². The van der Waals surface area contributed by atoms with Crippen LogP contribution in [-0.4, -0.2) is 28.8 Å². The van der Waals surface area contributed by atoms with Gasteiger partial charge in [-0.1, -0.05) is 30.3 Å². The van der Waals surface area contributed by atoms with E-state index in [0.717, 1.165) is 25.7 Å². The van der Waals surface area contributed by atoms with Gasteiger partial charge < -0.3 is 4.90 Å². The Hall–Kier alpha value is -2.69. The van der Waals surface area contributed by atoms with Gasteiger partial charge >= 0.3 is 0 Å². The maximum Gasteiger partial charge on any atom is 0.269 e. The average molecular weight is 338 g/mol. The summed E-state index contributed by atoms with van der Waals surface area (Å²) >= 11 is 0. The lowest BCUT2D eigenvalue weighted by Gasteiger charge is -2.35. The number of nitro benzene ring substituents is 1. The van der Waals surface area contributed by atoms with Gasteiger partial charge in [0.05, 0.1) is 4.92 Å². The fourth-order valence-electron chi connectivity index (χ4n) is 3.62. The number of nitrogens with zero attached hydrogens (tertiary/aromatic N) is 2. The van der Waals surface area contributed by atoms with Gasteiger partial charge in [0, 0.05) is 30.8 Å². The summed E-state index contributed by atoms with van der Waals surface area (Å²) in [5, 5.41) is 10.7. The van der Waals surface area contributed by atoms with Crippen LogP contribution in [0.4, 0.5) is 5.69 Å². The van der Waals surface area contributed by atoms with Crippen LogP contribution < -0.4 is 0 Å². The molecule has 0 heterocycles. The van der Waals surface area contributed by atoms with Gasteiger partial charge in [-0.2, -0.15) is 0 Å². The SMILES string of the molecule is CN(C(=O)c1ccc([N+](=O)[O-])cc1)C1CCC(c2ccccc2)CC1. The predicted molar refractivity (Wildman–Crippen MR) is 96.6 cm³/mol. The van der Waals surface area contributed by atoms with Gasteiger partial charge in [0.15, 0.2) is 0 Å². The number of amides is 1. The largest absolute Gasteiger partial charge is 0.339 e. The van der Waals surface area contributed by atoms with Crippen LogP contribution >= 0.6 is 0 Å². The van der Waals surface area contributed by atoms with Gasteiger partial charge in [0.2, 0.25) is 0 Å². The molecule has 0 spiro atoms. The van der Waals surface area contributed by atoms with Crippen molar-refractivity contribution in [3.63, 3.8) is 0 Å². The molecular formula is C20H22N2O3. The van der Waals surface area contributed by atoms with E-state index in [1.54, 1.807) is 4.90 Å². The van der Waals surface area contributed by atoms with Crippen LogP contribution in [0.5, 0.6) is 0 Å². The molecule has 2 aromatic carbocycles. The molecule has 1 aliphatic carbocycles. The summed E-state index contributed by atoms with van der Waals surface area (Å²) in [6, 6.07) is 16.6. The number of hydrogen-bond acceptors (Lipinski definition) is 3. The van der Waals surface area contributed by atoms with E-state index in [1.165, 1.54) is 29.8 Å². The molecule has 0 saturated heterocycles. The van der Waals surface area contributed by atoms with Gasteiger partial charge in [0.1, 0.15) is 0 Å². The summed E-state index contributed by atoms with van der Waals surface area (Å²) < 4.78 is 0. The molecule has 1 aliphatic rings. The second-order valence-electron chi connectivity index (χ2n) is 6.64.